The van der Waals surface area contributed by atoms with Crippen LogP contribution in [0.5, 0.6) is 0 Å². The molecular formula is C39H51ClN4O5. The number of carbonyl (C=O) groups is 2. The molecule has 1 N–H and O–H groups in total. The zero-order valence-electron chi connectivity index (χ0n) is 30.1. The summed E-state index contributed by atoms with van der Waals surface area (Å²) in [6.07, 6.45) is 11.8. The number of unbranched alkanes of at least 4 members (excludes halogenated alkanes) is 9. The Kier molecular flexibility index (Phi) is 15.3. The molecule has 3 aromatic carbocycles. The first kappa shape index (κ1) is 39.2. The summed E-state index contributed by atoms with van der Waals surface area (Å²) in [5.74, 6) is -1.13. The van der Waals surface area contributed by atoms with E-state index in [1.165, 1.54) is 57.1 Å². The molecule has 0 saturated carbocycles. The Balaban J connectivity index is 1.82. The minimum absolute atomic E-state index is 0.0104. The number of nitrogens with one attached hydrogen (secondary N) is 1. The highest BCUT2D eigenvalue weighted by atomic mass is 35.5. The lowest BCUT2D eigenvalue weighted by Gasteiger charge is -2.17. The zero-order valence-corrected chi connectivity index (χ0v) is 30.8. The number of aliphatic imine (C=N–C) groups is 1. The minimum atomic E-state index is -0.627. The highest BCUT2D eigenvalue weighted by Gasteiger charge is 2.27. The average molecular weight is 691 g/mol. The van der Waals surface area contributed by atoms with Crippen LogP contribution in [0.25, 0.3) is 0 Å². The molecule has 10 heteroatoms. The molecule has 0 heterocycles. The van der Waals surface area contributed by atoms with Gasteiger partial charge in [-0.2, -0.15) is 0 Å². The van der Waals surface area contributed by atoms with Crippen LogP contribution in [0.15, 0.2) is 47.5 Å². The van der Waals surface area contributed by atoms with E-state index < -0.39 is 16.8 Å². The summed E-state index contributed by atoms with van der Waals surface area (Å²) in [7, 11) is 3.86. The first-order chi connectivity index (χ1) is 23.3. The van der Waals surface area contributed by atoms with E-state index in [9.17, 15) is 19.7 Å². The van der Waals surface area contributed by atoms with Crippen molar-refractivity contribution >= 4 is 51.9 Å². The van der Waals surface area contributed by atoms with Crippen molar-refractivity contribution in [3.8, 4) is 0 Å². The fourth-order valence-electron chi connectivity index (χ4n) is 5.97. The van der Waals surface area contributed by atoms with Crippen molar-refractivity contribution < 1.29 is 19.2 Å². The smallest absolute Gasteiger partial charge is 0.338 e. The predicted molar refractivity (Wildman–Crippen MR) is 201 cm³/mol. The second kappa shape index (κ2) is 19.1. The summed E-state index contributed by atoms with van der Waals surface area (Å²) in [5.41, 5.74) is 4.51. The summed E-state index contributed by atoms with van der Waals surface area (Å²) in [5, 5.41) is 15.1. The topological polar surface area (TPSA) is 114 Å². The third kappa shape index (κ3) is 11.1. The molecule has 264 valence electrons. The summed E-state index contributed by atoms with van der Waals surface area (Å²) >= 11 is 6.50. The van der Waals surface area contributed by atoms with Crippen molar-refractivity contribution in [2.75, 3.05) is 30.9 Å². The van der Waals surface area contributed by atoms with E-state index in [0.717, 1.165) is 30.5 Å². The summed E-state index contributed by atoms with van der Waals surface area (Å²) in [6, 6.07) is 11.9. The molecule has 1 amide bonds. The van der Waals surface area contributed by atoms with Gasteiger partial charge in [0.15, 0.2) is 0 Å². The SMILES string of the molecule is CCCCCCCCCCCCOC(=O)c1ccc(Cl)c(NC(=O)C(=Nc2ccc(N(C)C)cc2C)c2c(C)cc(C)c([N+](=O)[O-])c2C)c1. The van der Waals surface area contributed by atoms with Crippen LogP contribution in [0.2, 0.25) is 5.02 Å². The molecule has 0 fully saturated rings. The van der Waals surface area contributed by atoms with Gasteiger partial charge in [0.05, 0.1) is 33.5 Å². The Morgan fingerprint density at radius 1 is 0.857 bits per heavy atom. The lowest BCUT2D eigenvalue weighted by molar-refractivity contribution is -0.386. The molecule has 9 nitrogen and oxygen atoms in total. The first-order valence-electron chi connectivity index (χ1n) is 17.3. The summed E-state index contributed by atoms with van der Waals surface area (Å²) in [4.78, 5) is 45.4. The maximum atomic E-state index is 14.1. The Labute approximate surface area is 296 Å². The van der Waals surface area contributed by atoms with Crippen molar-refractivity contribution in [2.24, 2.45) is 4.99 Å². The summed E-state index contributed by atoms with van der Waals surface area (Å²) in [6.45, 7) is 9.51. The molecule has 0 unspecified atom stereocenters. The van der Waals surface area contributed by atoms with Crippen LogP contribution in [-0.4, -0.2) is 43.2 Å². The highest BCUT2D eigenvalue weighted by Crippen LogP contribution is 2.32. The van der Waals surface area contributed by atoms with E-state index in [1.807, 2.05) is 44.1 Å². The van der Waals surface area contributed by atoms with E-state index in [4.69, 9.17) is 21.3 Å². The molecule has 0 radical (unpaired) electrons. The Bertz CT molecular complexity index is 1670. The van der Waals surface area contributed by atoms with Gasteiger partial charge in [-0.3, -0.25) is 14.9 Å². The lowest BCUT2D eigenvalue weighted by Crippen LogP contribution is -2.26. The molecule has 0 aromatic heterocycles. The third-order valence-corrected chi connectivity index (χ3v) is 9.01. The molecule has 0 atom stereocenters. The van der Waals surface area contributed by atoms with E-state index in [1.54, 1.807) is 32.9 Å². The Morgan fingerprint density at radius 2 is 1.49 bits per heavy atom. The monoisotopic (exact) mass is 690 g/mol. The van der Waals surface area contributed by atoms with E-state index in [-0.39, 0.29) is 27.7 Å². The number of nitrogens with zero attached hydrogens (tertiary/aromatic N) is 3. The number of halogens is 1. The third-order valence-electron chi connectivity index (χ3n) is 8.68. The minimum Gasteiger partial charge on any atom is -0.462 e. The van der Waals surface area contributed by atoms with E-state index >= 15 is 0 Å². The van der Waals surface area contributed by atoms with Crippen LogP contribution in [-0.2, 0) is 9.53 Å². The van der Waals surface area contributed by atoms with Crippen LogP contribution >= 0.6 is 11.6 Å². The molecule has 0 aliphatic heterocycles. The fraction of sp³-hybridized carbons (Fsp3) is 0.462. The molecule has 3 aromatic rings. The number of aryl methyl sites for hydroxylation is 3. The number of anilines is 2. The van der Waals surface area contributed by atoms with Crippen LogP contribution in [0.4, 0.5) is 22.7 Å². The van der Waals surface area contributed by atoms with Gasteiger partial charge in [0.1, 0.15) is 5.71 Å². The maximum Gasteiger partial charge on any atom is 0.338 e. The van der Waals surface area contributed by atoms with Crippen molar-refractivity contribution in [1.29, 1.82) is 0 Å². The molecule has 0 spiro atoms. The van der Waals surface area contributed by atoms with Gasteiger partial charge in [-0.1, -0.05) is 76.3 Å². The standard InChI is InChI=1S/C39H51ClN4O5/c1-8-9-10-11-12-13-14-15-16-17-22-49-39(46)30-18-20-32(40)34(25-30)42-38(45)36(41-33-21-19-31(43(6)7)24-26(33)2)35-27(3)23-28(4)37(29(35)5)44(47)48/h18-21,23-25H,8-17,22H2,1-7H3,(H,42,45). The van der Waals surface area contributed by atoms with Crippen LogP contribution < -0.4 is 10.2 Å². The van der Waals surface area contributed by atoms with Crippen molar-refractivity contribution in [3.63, 3.8) is 0 Å². The molecule has 3 rings (SSSR count). The predicted octanol–water partition coefficient (Wildman–Crippen LogP) is 10.4. The number of esters is 1. The van der Waals surface area contributed by atoms with E-state index in [2.05, 4.69) is 12.2 Å². The number of hydrogen-bond donors (Lipinski definition) is 1. The summed E-state index contributed by atoms with van der Waals surface area (Å²) < 4.78 is 5.53. The number of ether oxygens (including phenoxy) is 1. The first-order valence-corrected chi connectivity index (χ1v) is 17.6. The fourth-order valence-corrected chi connectivity index (χ4v) is 6.14. The number of benzene rings is 3. The van der Waals surface area contributed by atoms with Gasteiger partial charge >= 0.3 is 5.97 Å². The van der Waals surface area contributed by atoms with Crippen molar-refractivity contribution in [3.05, 3.63) is 91.0 Å². The second-order valence-electron chi connectivity index (χ2n) is 12.9. The molecule has 0 aliphatic carbocycles. The number of rotatable bonds is 18. The normalized spacial score (nSPS) is 11.4. The van der Waals surface area contributed by atoms with Crippen LogP contribution in [0, 0.1) is 37.8 Å². The van der Waals surface area contributed by atoms with Crippen LogP contribution in [0.1, 0.15) is 109 Å². The largest absolute Gasteiger partial charge is 0.462 e. The van der Waals surface area contributed by atoms with Gasteiger partial charge < -0.3 is 15.0 Å². The maximum absolute atomic E-state index is 14.1. The Hall–Kier alpha value is -4.24. The number of nitro groups is 1. The molecule has 0 saturated heterocycles. The van der Waals surface area contributed by atoms with Crippen molar-refractivity contribution in [1.82, 2.24) is 0 Å². The molecule has 0 aliphatic rings. The number of amides is 1. The lowest BCUT2D eigenvalue weighted by atomic mass is 9.93. The van der Waals surface area contributed by atoms with E-state index in [0.29, 0.717) is 34.5 Å². The molecular weight excluding hydrogens is 640 g/mol. The average Bonchev–Trinajstić information content (AvgIpc) is 3.04. The second-order valence-corrected chi connectivity index (χ2v) is 13.3. The number of nitro benzene ring substituents is 1. The number of hydrogen-bond acceptors (Lipinski definition) is 7. The van der Waals surface area contributed by atoms with Gasteiger partial charge in [0.25, 0.3) is 11.6 Å². The van der Waals surface area contributed by atoms with Crippen molar-refractivity contribution in [2.45, 2.75) is 98.8 Å². The van der Waals surface area contributed by atoms with Gasteiger partial charge in [-0.15, -0.1) is 0 Å². The van der Waals surface area contributed by atoms with Gasteiger partial charge in [0.2, 0.25) is 0 Å². The van der Waals surface area contributed by atoms with Gasteiger partial charge in [0, 0.05) is 36.5 Å². The molecule has 49 heavy (non-hydrogen) atoms. The Morgan fingerprint density at radius 3 is 2.08 bits per heavy atom. The quantitative estimate of drug-likeness (QED) is 0.0467. The van der Waals surface area contributed by atoms with Crippen LogP contribution in [0.3, 0.4) is 0 Å². The van der Waals surface area contributed by atoms with Gasteiger partial charge in [-0.25, -0.2) is 9.79 Å². The van der Waals surface area contributed by atoms with Gasteiger partial charge in [-0.05, 0) is 87.7 Å². The number of carbonyl (C=O) groups excluding carboxylic acids is 2. The highest BCUT2D eigenvalue weighted by molar-refractivity contribution is 6.50. The zero-order chi connectivity index (χ0) is 36.1. The molecule has 0 bridgehead atoms.